The lowest BCUT2D eigenvalue weighted by Crippen LogP contribution is -2.42. The number of carbonyl (C=O) groups is 2. The third kappa shape index (κ3) is 3.92. The summed E-state index contributed by atoms with van der Waals surface area (Å²) in [6.07, 6.45) is 1.63. The number of anilines is 1. The van der Waals surface area contributed by atoms with E-state index in [0.29, 0.717) is 17.7 Å². The highest BCUT2D eigenvalue weighted by atomic mass is 32.1. The number of benzene rings is 1. The molecule has 0 radical (unpaired) electrons. The van der Waals surface area contributed by atoms with Gasteiger partial charge >= 0.3 is 0 Å². The van der Waals surface area contributed by atoms with Gasteiger partial charge in [-0.1, -0.05) is 38.1 Å². The summed E-state index contributed by atoms with van der Waals surface area (Å²) in [6.45, 7) is 13.5. The second-order valence-corrected chi connectivity index (χ2v) is 13.3. The number of nitrogens with zero attached hydrogens (tertiary/aromatic N) is 4. The highest BCUT2D eigenvalue weighted by Crippen LogP contribution is 2.37. The normalized spacial score (nSPS) is 15.4. The van der Waals surface area contributed by atoms with Crippen LogP contribution in [0.25, 0.3) is 0 Å². The van der Waals surface area contributed by atoms with Gasteiger partial charge in [0.25, 0.3) is 11.8 Å². The Labute approximate surface area is 173 Å². The quantitative estimate of drug-likeness (QED) is 0.543. The highest BCUT2D eigenvalue weighted by Gasteiger charge is 2.39. The Kier molecular flexibility index (Phi) is 6.22. The summed E-state index contributed by atoms with van der Waals surface area (Å²) in [5.74, 6) is -0.499. The number of aromatic nitrogens is 3. The minimum Gasteiger partial charge on any atom is -0.415 e. The predicted molar refractivity (Wildman–Crippen MR) is 116 cm³/mol. The molecule has 1 aromatic heterocycles. The fourth-order valence-corrected chi connectivity index (χ4v) is 3.70. The molecular formula is C19H28N4O3SSi. The van der Waals surface area contributed by atoms with Gasteiger partial charge in [-0.05, 0) is 37.2 Å². The summed E-state index contributed by atoms with van der Waals surface area (Å²) in [6, 6.07) is 6.72. The molecule has 28 heavy (non-hydrogen) atoms. The van der Waals surface area contributed by atoms with Crippen LogP contribution >= 0.6 is 13.5 Å². The fraction of sp³-hybridized carbons (Fsp3) is 0.474. The van der Waals surface area contributed by atoms with Crippen molar-refractivity contribution in [2.45, 2.75) is 51.9 Å². The van der Waals surface area contributed by atoms with Crippen LogP contribution in [0.15, 0.2) is 30.5 Å². The van der Waals surface area contributed by atoms with Crippen LogP contribution in [-0.4, -0.2) is 41.7 Å². The summed E-state index contributed by atoms with van der Waals surface area (Å²) in [4.78, 5) is 26.2. The molecule has 2 heterocycles. The standard InChI is InChI=1S/C19H26N4O3Si.H2S/c1-13(12-26-27(5,6)19(2,3)4)22-11-16(20-21-22)23-17(24)14-9-7-8-10-15(14)18(23)25;/h7-11,13H,12H2,1-6H3;1H2/t13-;/m0./s1. The molecule has 1 aromatic carbocycles. The van der Waals surface area contributed by atoms with Crippen LogP contribution in [-0.2, 0) is 4.43 Å². The van der Waals surface area contributed by atoms with Crippen molar-refractivity contribution in [3.63, 3.8) is 0 Å². The molecule has 152 valence electrons. The summed E-state index contributed by atoms with van der Waals surface area (Å²) < 4.78 is 7.89. The fourth-order valence-electron chi connectivity index (χ4n) is 2.60. The number of carbonyl (C=O) groups excluding carboxylic acids is 2. The maximum Gasteiger partial charge on any atom is 0.267 e. The molecule has 7 nitrogen and oxygen atoms in total. The van der Waals surface area contributed by atoms with Crippen LogP contribution in [0.4, 0.5) is 5.82 Å². The van der Waals surface area contributed by atoms with Crippen molar-refractivity contribution in [1.29, 1.82) is 0 Å². The third-order valence-corrected chi connectivity index (χ3v) is 9.97. The molecule has 1 atom stereocenters. The van der Waals surface area contributed by atoms with Crippen LogP contribution in [0, 0.1) is 0 Å². The first-order valence-corrected chi connectivity index (χ1v) is 12.0. The Balaban J connectivity index is 0.00000280. The van der Waals surface area contributed by atoms with E-state index >= 15 is 0 Å². The minimum atomic E-state index is -1.86. The first-order valence-electron chi connectivity index (χ1n) is 9.06. The zero-order chi connectivity index (χ0) is 20.0. The van der Waals surface area contributed by atoms with E-state index in [1.165, 1.54) is 0 Å². The maximum absolute atomic E-state index is 12.6. The molecule has 0 saturated carbocycles. The van der Waals surface area contributed by atoms with Crippen molar-refractivity contribution >= 4 is 39.4 Å². The number of imide groups is 1. The number of hydrogen-bond donors (Lipinski definition) is 0. The van der Waals surface area contributed by atoms with E-state index in [1.54, 1.807) is 35.1 Å². The van der Waals surface area contributed by atoms with E-state index in [2.05, 4.69) is 44.2 Å². The van der Waals surface area contributed by atoms with Crippen molar-refractivity contribution < 1.29 is 14.0 Å². The Morgan fingerprint density at radius 2 is 1.64 bits per heavy atom. The molecule has 2 aromatic rings. The van der Waals surface area contributed by atoms with Crippen molar-refractivity contribution in [1.82, 2.24) is 15.0 Å². The zero-order valence-electron chi connectivity index (χ0n) is 17.2. The average Bonchev–Trinajstić information content (AvgIpc) is 3.16. The molecule has 2 amide bonds. The van der Waals surface area contributed by atoms with Gasteiger partial charge in [0.2, 0.25) is 0 Å². The topological polar surface area (TPSA) is 77.3 Å². The second-order valence-electron chi connectivity index (χ2n) is 8.47. The lowest BCUT2D eigenvalue weighted by Gasteiger charge is -2.36. The predicted octanol–water partition coefficient (Wildman–Crippen LogP) is 3.77. The first kappa shape index (κ1) is 22.3. The van der Waals surface area contributed by atoms with Crippen molar-refractivity contribution in [3.05, 3.63) is 41.6 Å². The zero-order valence-corrected chi connectivity index (χ0v) is 19.2. The van der Waals surface area contributed by atoms with Gasteiger partial charge in [-0.2, -0.15) is 13.5 Å². The summed E-state index contributed by atoms with van der Waals surface area (Å²) in [5, 5.41) is 8.29. The molecule has 3 rings (SSSR count). The van der Waals surface area contributed by atoms with Crippen molar-refractivity contribution in [2.24, 2.45) is 0 Å². The van der Waals surface area contributed by atoms with Crippen LogP contribution in [0.3, 0.4) is 0 Å². The van der Waals surface area contributed by atoms with Crippen molar-refractivity contribution in [2.75, 3.05) is 11.5 Å². The van der Waals surface area contributed by atoms with E-state index in [9.17, 15) is 9.59 Å². The van der Waals surface area contributed by atoms with Gasteiger partial charge < -0.3 is 4.43 Å². The van der Waals surface area contributed by atoms with Crippen molar-refractivity contribution in [3.8, 4) is 0 Å². The summed E-state index contributed by atoms with van der Waals surface area (Å²) in [7, 11) is -1.86. The molecule has 0 saturated heterocycles. The molecule has 1 aliphatic heterocycles. The van der Waals surface area contributed by atoms with Crippen LogP contribution in [0.1, 0.15) is 54.5 Å². The number of rotatable bonds is 5. The maximum atomic E-state index is 12.6. The lowest BCUT2D eigenvalue weighted by molar-refractivity contribution is 0.0925. The van der Waals surface area contributed by atoms with E-state index in [0.717, 1.165) is 4.90 Å². The van der Waals surface area contributed by atoms with E-state index in [1.807, 2.05) is 6.92 Å². The Bertz CT molecular complexity index is 856. The lowest BCUT2D eigenvalue weighted by atomic mass is 10.1. The van der Waals surface area contributed by atoms with Gasteiger partial charge in [0.05, 0.1) is 30.0 Å². The van der Waals surface area contributed by atoms with Gasteiger partial charge in [-0.15, -0.1) is 5.10 Å². The molecule has 0 aliphatic carbocycles. The van der Waals surface area contributed by atoms with E-state index in [4.69, 9.17) is 4.43 Å². The molecule has 1 aliphatic rings. The Morgan fingerprint density at radius 3 is 2.14 bits per heavy atom. The molecule has 0 fully saturated rings. The number of fused-ring (bicyclic) bond motifs is 1. The Hall–Kier alpha value is -1.97. The smallest absolute Gasteiger partial charge is 0.267 e. The molecule has 0 unspecified atom stereocenters. The second kappa shape index (κ2) is 7.80. The summed E-state index contributed by atoms with van der Waals surface area (Å²) in [5.41, 5.74) is 0.790. The molecular weight excluding hydrogens is 392 g/mol. The minimum absolute atomic E-state index is 0. The van der Waals surface area contributed by atoms with Gasteiger partial charge in [-0.3, -0.25) is 9.59 Å². The van der Waals surface area contributed by atoms with Gasteiger partial charge in [-0.25, -0.2) is 9.58 Å². The van der Waals surface area contributed by atoms with Gasteiger partial charge in [0.1, 0.15) is 0 Å². The molecule has 0 N–H and O–H groups in total. The summed E-state index contributed by atoms with van der Waals surface area (Å²) >= 11 is 0. The van der Waals surface area contributed by atoms with Gasteiger partial charge in [0.15, 0.2) is 14.1 Å². The SMILES string of the molecule is C[C@@H](CO[Si](C)(C)C(C)(C)C)n1cc(N2C(=O)c3ccccc3C2=O)nn1.S. The first-order chi connectivity index (χ1) is 12.5. The third-order valence-electron chi connectivity index (χ3n) is 5.46. The van der Waals surface area contributed by atoms with Crippen LogP contribution in [0.2, 0.25) is 18.1 Å². The van der Waals surface area contributed by atoms with Crippen LogP contribution in [0.5, 0.6) is 0 Å². The Morgan fingerprint density at radius 1 is 1.11 bits per heavy atom. The number of hydrogen-bond acceptors (Lipinski definition) is 5. The molecule has 0 spiro atoms. The average molecular weight is 421 g/mol. The molecule has 9 heteroatoms. The van der Waals surface area contributed by atoms with E-state index in [-0.39, 0.29) is 42.2 Å². The molecule has 0 bridgehead atoms. The van der Waals surface area contributed by atoms with Gasteiger partial charge in [0, 0.05) is 0 Å². The number of amides is 2. The monoisotopic (exact) mass is 420 g/mol. The van der Waals surface area contributed by atoms with Crippen LogP contribution < -0.4 is 4.90 Å². The van der Waals surface area contributed by atoms with E-state index < -0.39 is 8.32 Å². The largest absolute Gasteiger partial charge is 0.415 e. The highest BCUT2D eigenvalue weighted by molar-refractivity contribution is 7.59.